The number of anilines is 2. The highest BCUT2D eigenvalue weighted by Crippen LogP contribution is 2.22. The van der Waals surface area contributed by atoms with Crippen molar-refractivity contribution in [2.45, 2.75) is 26.3 Å². The average Bonchev–Trinajstić information content (AvgIpc) is 3.11. The summed E-state index contributed by atoms with van der Waals surface area (Å²) in [7, 11) is -3.60. The fourth-order valence-corrected chi connectivity index (χ4v) is 4.11. The van der Waals surface area contributed by atoms with E-state index in [-0.39, 0.29) is 19.0 Å². The minimum absolute atomic E-state index is 0.105. The van der Waals surface area contributed by atoms with E-state index in [1.54, 1.807) is 29.2 Å². The zero-order chi connectivity index (χ0) is 21.0. The first-order valence-corrected chi connectivity index (χ1v) is 11.3. The average molecular weight is 416 g/mol. The predicted molar refractivity (Wildman–Crippen MR) is 113 cm³/mol. The van der Waals surface area contributed by atoms with Crippen molar-refractivity contribution in [1.82, 2.24) is 5.32 Å². The van der Waals surface area contributed by atoms with Crippen LogP contribution in [-0.4, -0.2) is 39.6 Å². The molecule has 8 heteroatoms. The maximum atomic E-state index is 12.4. The predicted octanol–water partition coefficient (Wildman–Crippen LogP) is 2.20. The summed E-state index contributed by atoms with van der Waals surface area (Å²) in [6.07, 6.45) is 2.48. The molecule has 0 bridgehead atoms. The van der Waals surface area contributed by atoms with Crippen LogP contribution in [0.2, 0.25) is 0 Å². The summed E-state index contributed by atoms with van der Waals surface area (Å²) >= 11 is 0. The number of amides is 2. The molecule has 2 amide bonds. The number of hydrogen-bond donors (Lipinski definition) is 1. The zero-order valence-electron chi connectivity index (χ0n) is 16.6. The molecule has 154 valence electrons. The second-order valence-electron chi connectivity index (χ2n) is 7.20. The first-order chi connectivity index (χ1) is 13.7. The summed E-state index contributed by atoms with van der Waals surface area (Å²) in [5.74, 6) is -0.299. The van der Waals surface area contributed by atoms with E-state index in [0.29, 0.717) is 18.7 Å². The Balaban J connectivity index is 1.65. The number of nitrogens with one attached hydrogen (secondary N) is 1. The molecule has 1 aliphatic heterocycles. The number of hydrogen-bond acceptors (Lipinski definition) is 4. The van der Waals surface area contributed by atoms with E-state index in [2.05, 4.69) is 5.32 Å². The van der Waals surface area contributed by atoms with Crippen molar-refractivity contribution in [2.75, 3.05) is 28.6 Å². The highest BCUT2D eigenvalue weighted by Gasteiger charge is 2.22. The fraction of sp³-hybridized carbons (Fsp3) is 0.333. The second-order valence-corrected chi connectivity index (χ2v) is 9.11. The molecule has 3 rings (SSSR count). The molecule has 2 aromatic rings. The normalized spacial score (nSPS) is 14.1. The third-order valence-electron chi connectivity index (χ3n) is 4.79. The lowest BCUT2D eigenvalue weighted by atomic mass is 10.2. The van der Waals surface area contributed by atoms with Crippen molar-refractivity contribution < 1.29 is 18.0 Å². The van der Waals surface area contributed by atoms with Gasteiger partial charge in [0.05, 0.1) is 11.9 Å². The van der Waals surface area contributed by atoms with Crippen LogP contribution in [-0.2, 0) is 26.2 Å². The van der Waals surface area contributed by atoms with E-state index in [0.717, 1.165) is 33.8 Å². The van der Waals surface area contributed by atoms with E-state index >= 15 is 0 Å². The molecule has 0 unspecified atom stereocenters. The van der Waals surface area contributed by atoms with Crippen LogP contribution in [0.3, 0.4) is 0 Å². The number of sulfonamides is 1. The highest BCUT2D eigenvalue weighted by atomic mass is 32.2. The quantitative estimate of drug-likeness (QED) is 0.751. The van der Waals surface area contributed by atoms with Crippen LogP contribution in [0.25, 0.3) is 0 Å². The van der Waals surface area contributed by atoms with Gasteiger partial charge in [0.1, 0.15) is 6.54 Å². The third kappa shape index (κ3) is 5.35. The number of nitrogens with zero attached hydrogens (tertiary/aromatic N) is 2. The van der Waals surface area contributed by atoms with Crippen LogP contribution in [0.1, 0.15) is 24.0 Å². The Labute approximate surface area is 171 Å². The van der Waals surface area contributed by atoms with Gasteiger partial charge in [-0.25, -0.2) is 8.42 Å². The van der Waals surface area contributed by atoms with Crippen LogP contribution >= 0.6 is 0 Å². The molecule has 1 aliphatic rings. The smallest absolute Gasteiger partial charge is 0.241 e. The molecular weight excluding hydrogens is 390 g/mol. The monoisotopic (exact) mass is 415 g/mol. The van der Waals surface area contributed by atoms with E-state index in [1.165, 1.54) is 0 Å². The van der Waals surface area contributed by atoms with Crippen LogP contribution in [0.4, 0.5) is 11.4 Å². The van der Waals surface area contributed by atoms with Crippen molar-refractivity contribution in [2.24, 2.45) is 0 Å². The van der Waals surface area contributed by atoms with E-state index in [4.69, 9.17) is 0 Å². The molecule has 0 radical (unpaired) electrons. The Morgan fingerprint density at radius 2 is 1.90 bits per heavy atom. The summed E-state index contributed by atoms with van der Waals surface area (Å²) in [5.41, 5.74) is 3.11. The van der Waals surface area contributed by atoms with Crippen molar-refractivity contribution in [3.63, 3.8) is 0 Å². The van der Waals surface area contributed by atoms with Gasteiger partial charge in [0.25, 0.3) is 0 Å². The van der Waals surface area contributed by atoms with Gasteiger partial charge in [-0.3, -0.25) is 13.9 Å². The molecule has 1 heterocycles. The van der Waals surface area contributed by atoms with Crippen LogP contribution in [0.5, 0.6) is 0 Å². The Morgan fingerprint density at radius 1 is 1.17 bits per heavy atom. The van der Waals surface area contributed by atoms with Gasteiger partial charge in [-0.05, 0) is 43.2 Å². The lowest BCUT2D eigenvalue weighted by Crippen LogP contribution is -2.40. The Kier molecular flexibility index (Phi) is 6.22. The molecular formula is C21H25N3O4S. The summed E-state index contributed by atoms with van der Waals surface area (Å²) in [4.78, 5) is 26.1. The molecule has 2 aromatic carbocycles. The van der Waals surface area contributed by atoms with Crippen LogP contribution in [0.15, 0.2) is 48.5 Å². The van der Waals surface area contributed by atoms with E-state index < -0.39 is 15.9 Å². The molecule has 1 fully saturated rings. The molecule has 1 N–H and O–H groups in total. The fourth-order valence-electron chi connectivity index (χ4n) is 3.25. The maximum absolute atomic E-state index is 12.4. The molecule has 0 spiro atoms. The number of aryl methyl sites for hydroxylation is 1. The summed E-state index contributed by atoms with van der Waals surface area (Å²) < 4.78 is 25.4. The maximum Gasteiger partial charge on any atom is 0.241 e. The molecule has 0 atom stereocenters. The van der Waals surface area contributed by atoms with Gasteiger partial charge < -0.3 is 10.2 Å². The van der Waals surface area contributed by atoms with E-state index in [1.807, 2.05) is 31.2 Å². The summed E-state index contributed by atoms with van der Waals surface area (Å²) in [6.45, 7) is 2.56. The lowest BCUT2D eigenvalue weighted by Gasteiger charge is -2.22. The number of carbonyl (C=O) groups is 2. The molecule has 0 aromatic heterocycles. The third-order valence-corrected chi connectivity index (χ3v) is 5.94. The van der Waals surface area contributed by atoms with Gasteiger partial charge in [-0.1, -0.05) is 29.8 Å². The lowest BCUT2D eigenvalue weighted by molar-refractivity contribution is -0.120. The van der Waals surface area contributed by atoms with Crippen molar-refractivity contribution in [1.29, 1.82) is 0 Å². The summed E-state index contributed by atoms with van der Waals surface area (Å²) in [6, 6.07) is 14.4. The highest BCUT2D eigenvalue weighted by molar-refractivity contribution is 7.92. The van der Waals surface area contributed by atoms with Crippen molar-refractivity contribution in [3.05, 3.63) is 59.7 Å². The van der Waals surface area contributed by atoms with Gasteiger partial charge in [-0.2, -0.15) is 0 Å². The van der Waals surface area contributed by atoms with Gasteiger partial charge in [0.15, 0.2) is 0 Å². The standard InChI is InChI=1S/C21H25N3O4S/c1-16-8-10-18(11-9-16)24(29(2,27)28)15-20(25)22-14-17-5-3-6-19(13-17)23-12-4-7-21(23)26/h3,5-6,8-11,13H,4,7,12,14-15H2,1-2H3,(H,22,25). The minimum atomic E-state index is -3.60. The topological polar surface area (TPSA) is 86.8 Å². The number of benzene rings is 2. The number of rotatable bonds is 7. The molecule has 0 saturated carbocycles. The zero-order valence-corrected chi connectivity index (χ0v) is 17.4. The SMILES string of the molecule is Cc1ccc(N(CC(=O)NCc2cccc(N3CCCC3=O)c2)S(C)(=O)=O)cc1. The minimum Gasteiger partial charge on any atom is -0.350 e. The van der Waals surface area contributed by atoms with Crippen LogP contribution < -0.4 is 14.5 Å². The largest absolute Gasteiger partial charge is 0.350 e. The van der Waals surface area contributed by atoms with Gasteiger partial charge >= 0.3 is 0 Å². The first kappa shape index (κ1) is 20.9. The Morgan fingerprint density at radius 3 is 2.52 bits per heavy atom. The van der Waals surface area contributed by atoms with Gasteiger partial charge in [-0.15, -0.1) is 0 Å². The molecule has 0 aliphatic carbocycles. The molecule has 29 heavy (non-hydrogen) atoms. The Hall–Kier alpha value is -2.87. The summed E-state index contributed by atoms with van der Waals surface area (Å²) in [5, 5.41) is 2.76. The van der Waals surface area contributed by atoms with Gasteiger partial charge in [0, 0.05) is 25.2 Å². The van der Waals surface area contributed by atoms with Gasteiger partial charge in [0.2, 0.25) is 21.8 Å². The molecule has 7 nitrogen and oxygen atoms in total. The van der Waals surface area contributed by atoms with Crippen LogP contribution in [0, 0.1) is 6.92 Å². The molecule has 1 saturated heterocycles. The second kappa shape index (κ2) is 8.65. The van der Waals surface area contributed by atoms with Crippen molar-refractivity contribution >= 4 is 33.2 Å². The van der Waals surface area contributed by atoms with Crippen molar-refractivity contribution in [3.8, 4) is 0 Å². The Bertz CT molecular complexity index is 1000. The number of carbonyl (C=O) groups excluding carboxylic acids is 2. The first-order valence-electron chi connectivity index (χ1n) is 9.44. The van der Waals surface area contributed by atoms with E-state index in [9.17, 15) is 18.0 Å².